The van der Waals surface area contributed by atoms with Gasteiger partial charge in [0.15, 0.2) is 5.96 Å². The van der Waals surface area contributed by atoms with E-state index in [1.807, 2.05) is 29.2 Å². The molecule has 0 aliphatic carbocycles. The van der Waals surface area contributed by atoms with Gasteiger partial charge in [-0.3, -0.25) is 9.69 Å². The summed E-state index contributed by atoms with van der Waals surface area (Å²) in [5, 5.41) is 3.26. The van der Waals surface area contributed by atoms with Crippen LogP contribution in [-0.4, -0.2) is 49.0 Å². The van der Waals surface area contributed by atoms with Gasteiger partial charge in [0.05, 0.1) is 6.54 Å². The lowest BCUT2D eigenvalue weighted by Gasteiger charge is -2.26. The number of benzene rings is 1. The molecule has 0 bridgehead atoms. The van der Waals surface area contributed by atoms with E-state index in [0.717, 1.165) is 43.7 Å². The van der Waals surface area contributed by atoms with Gasteiger partial charge in [0, 0.05) is 31.2 Å². The van der Waals surface area contributed by atoms with Crippen LogP contribution in [0.5, 0.6) is 0 Å². The summed E-state index contributed by atoms with van der Waals surface area (Å²) >= 11 is 0. The van der Waals surface area contributed by atoms with E-state index in [2.05, 4.69) is 22.1 Å². The molecule has 1 unspecified atom stereocenters. The van der Waals surface area contributed by atoms with Gasteiger partial charge in [0.25, 0.3) is 0 Å². The minimum Gasteiger partial charge on any atom is -0.370 e. The summed E-state index contributed by atoms with van der Waals surface area (Å²) in [5.41, 5.74) is 8.10. The molecule has 1 aromatic carbocycles. The van der Waals surface area contributed by atoms with Crippen molar-refractivity contribution in [2.24, 2.45) is 10.7 Å². The molecule has 1 amide bonds. The van der Waals surface area contributed by atoms with Gasteiger partial charge in [-0.2, -0.15) is 0 Å². The normalized spacial score (nSPS) is 21.2. The fourth-order valence-electron chi connectivity index (χ4n) is 3.86. The number of piperidine rings is 1. The van der Waals surface area contributed by atoms with Gasteiger partial charge >= 0.3 is 0 Å². The first kappa shape index (κ1) is 21.9. The van der Waals surface area contributed by atoms with E-state index in [4.69, 9.17) is 5.73 Å². The van der Waals surface area contributed by atoms with Crippen molar-refractivity contribution in [3.05, 3.63) is 29.8 Å². The number of guanidine groups is 1. The highest BCUT2D eigenvalue weighted by atomic mass is 127. The lowest BCUT2D eigenvalue weighted by atomic mass is 10.1. The zero-order valence-electron chi connectivity index (χ0n) is 16.2. The molecule has 2 aliphatic rings. The van der Waals surface area contributed by atoms with E-state index in [1.54, 1.807) is 0 Å². The SMILES string of the molecule is CCN1CCCC1CNC(N)=NCc1ccc(N2CCCCC2=O)cc1.I. The minimum absolute atomic E-state index is 0. The van der Waals surface area contributed by atoms with Crippen molar-refractivity contribution in [2.75, 3.05) is 31.1 Å². The number of aliphatic imine (C=N–C) groups is 1. The van der Waals surface area contributed by atoms with Gasteiger partial charge < -0.3 is 16.0 Å². The van der Waals surface area contributed by atoms with Gasteiger partial charge in [0.1, 0.15) is 0 Å². The third-order valence-corrected chi connectivity index (χ3v) is 5.43. The number of likely N-dealkylation sites (tertiary alicyclic amines) is 1. The fourth-order valence-corrected chi connectivity index (χ4v) is 3.86. The van der Waals surface area contributed by atoms with Crippen LogP contribution < -0.4 is 16.0 Å². The van der Waals surface area contributed by atoms with Crippen molar-refractivity contribution < 1.29 is 4.79 Å². The number of halogens is 1. The van der Waals surface area contributed by atoms with Crippen LogP contribution in [0.4, 0.5) is 5.69 Å². The number of carbonyl (C=O) groups is 1. The fraction of sp³-hybridized carbons (Fsp3) is 0.600. The van der Waals surface area contributed by atoms with E-state index in [-0.39, 0.29) is 29.9 Å². The van der Waals surface area contributed by atoms with Crippen molar-refractivity contribution >= 4 is 41.5 Å². The van der Waals surface area contributed by atoms with Gasteiger partial charge in [0.2, 0.25) is 5.91 Å². The molecule has 3 N–H and O–H groups in total. The monoisotopic (exact) mass is 485 g/mol. The molecule has 1 aromatic rings. The maximum atomic E-state index is 12.0. The highest BCUT2D eigenvalue weighted by molar-refractivity contribution is 14.0. The smallest absolute Gasteiger partial charge is 0.226 e. The Morgan fingerprint density at radius 2 is 2.00 bits per heavy atom. The summed E-state index contributed by atoms with van der Waals surface area (Å²) in [6.07, 6.45) is 5.24. The molecular weight excluding hydrogens is 453 g/mol. The first-order chi connectivity index (χ1) is 12.7. The van der Waals surface area contributed by atoms with Crippen LogP contribution in [0.25, 0.3) is 0 Å². The zero-order chi connectivity index (χ0) is 18.4. The van der Waals surface area contributed by atoms with Gasteiger partial charge in [-0.15, -0.1) is 24.0 Å². The predicted molar refractivity (Wildman–Crippen MR) is 122 cm³/mol. The summed E-state index contributed by atoms with van der Waals surface area (Å²) in [6, 6.07) is 8.65. The van der Waals surface area contributed by atoms with Crippen LogP contribution in [0.15, 0.2) is 29.3 Å². The molecule has 27 heavy (non-hydrogen) atoms. The summed E-state index contributed by atoms with van der Waals surface area (Å²) in [4.78, 5) is 20.8. The lowest BCUT2D eigenvalue weighted by Crippen LogP contribution is -2.42. The predicted octanol–water partition coefficient (Wildman–Crippen LogP) is 2.71. The molecule has 3 rings (SSSR count). The van der Waals surface area contributed by atoms with Gasteiger partial charge in [-0.05, 0) is 56.5 Å². The maximum absolute atomic E-state index is 12.0. The number of nitrogens with two attached hydrogens (primary N) is 1. The summed E-state index contributed by atoms with van der Waals surface area (Å²) < 4.78 is 0. The number of nitrogens with zero attached hydrogens (tertiary/aromatic N) is 3. The Labute approximate surface area is 179 Å². The van der Waals surface area contributed by atoms with Crippen LogP contribution in [0.3, 0.4) is 0 Å². The van der Waals surface area contributed by atoms with Crippen LogP contribution in [-0.2, 0) is 11.3 Å². The van der Waals surface area contributed by atoms with Crippen molar-refractivity contribution in [1.29, 1.82) is 0 Å². The van der Waals surface area contributed by atoms with Gasteiger partial charge in [-0.25, -0.2) is 4.99 Å². The molecule has 150 valence electrons. The Morgan fingerprint density at radius 3 is 2.70 bits per heavy atom. The highest BCUT2D eigenvalue weighted by Crippen LogP contribution is 2.21. The summed E-state index contributed by atoms with van der Waals surface area (Å²) in [6.45, 7) is 6.72. The average Bonchev–Trinajstić information content (AvgIpc) is 3.13. The third-order valence-electron chi connectivity index (χ3n) is 5.43. The molecule has 0 radical (unpaired) electrons. The molecule has 2 fully saturated rings. The van der Waals surface area contributed by atoms with Crippen molar-refractivity contribution in [3.8, 4) is 0 Å². The first-order valence-corrected chi connectivity index (χ1v) is 9.84. The Morgan fingerprint density at radius 1 is 1.22 bits per heavy atom. The number of anilines is 1. The second kappa shape index (κ2) is 10.8. The second-order valence-corrected chi connectivity index (χ2v) is 7.18. The van der Waals surface area contributed by atoms with E-state index in [1.165, 1.54) is 19.4 Å². The third kappa shape index (κ3) is 6.07. The van der Waals surface area contributed by atoms with Crippen LogP contribution in [0.1, 0.15) is 44.6 Å². The standard InChI is InChI=1S/C20H31N5O.HI/c1-2-24-12-5-6-18(24)15-23-20(21)22-14-16-8-10-17(11-9-16)25-13-4-3-7-19(25)26;/h8-11,18H,2-7,12-15H2,1H3,(H3,21,22,23);1H. The van der Waals surface area contributed by atoms with Gasteiger partial charge in [-0.1, -0.05) is 19.1 Å². The Bertz CT molecular complexity index is 634. The average molecular weight is 485 g/mol. The number of nitrogens with one attached hydrogen (secondary N) is 1. The molecule has 2 heterocycles. The number of carbonyl (C=O) groups excluding carboxylic acids is 1. The van der Waals surface area contributed by atoms with Crippen molar-refractivity contribution in [3.63, 3.8) is 0 Å². The Hall–Kier alpha value is -1.35. The van der Waals surface area contributed by atoms with E-state index < -0.39 is 0 Å². The molecule has 0 aromatic heterocycles. The van der Waals surface area contributed by atoms with Crippen LogP contribution in [0, 0.1) is 0 Å². The number of hydrogen-bond acceptors (Lipinski definition) is 3. The van der Waals surface area contributed by atoms with E-state index in [9.17, 15) is 4.79 Å². The molecule has 0 saturated carbocycles. The Kier molecular flexibility index (Phi) is 8.82. The molecule has 1 atom stereocenters. The minimum atomic E-state index is 0. The number of likely N-dealkylation sites (N-methyl/N-ethyl adjacent to an activating group) is 1. The number of hydrogen-bond donors (Lipinski definition) is 2. The van der Waals surface area contributed by atoms with Crippen LogP contribution >= 0.6 is 24.0 Å². The summed E-state index contributed by atoms with van der Waals surface area (Å²) in [5.74, 6) is 0.728. The van der Waals surface area contributed by atoms with Crippen LogP contribution in [0.2, 0.25) is 0 Å². The maximum Gasteiger partial charge on any atom is 0.226 e. The zero-order valence-corrected chi connectivity index (χ0v) is 18.5. The summed E-state index contributed by atoms with van der Waals surface area (Å²) in [7, 11) is 0. The topological polar surface area (TPSA) is 74.0 Å². The number of amides is 1. The molecular formula is C20H32IN5O. The molecule has 2 aliphatic heterocycles. The van der Waals surface area contributed by atoms with E-state index >= 15 is 0 Å². The van der Waals surface area contributed by atoms with Crippen molar-refractivity contribution in [2.45, 2.75) is 51.6 Å². The molecule has 6 nitrogen and oxygen atoms in total. The quantitative estimate of drug-likeness (QED) is 0.369. The van der Waals surface area contributed by atoms with E-state index in [0.29, 0.717) is 25.0 Å². The highest BCUT2D eigenvalue weighted by Gasteiger charge is 2.22. The molecule has 7 heteroatoms. The molecule has 2 saturated heterocycles. The first-order valence-electron chi connectivity index (χ1n) is 9.84. The lowest BCUT2D eigenvalue weighted by molar-refractivity contribution is -0.119. The second-order valence-electron chi connectivity index (χ2n) is 7.18. The van der Waals surface area contributed by atoms with Crippen molar-refractivity contribution in [1.82, 2.24) is 10.2 Å². The Balaban J connectivity index is 0.00000261. The molecule has 0 spiro atoms. The largest absolute Gasteiger partial charge is 0.370 e. The number of rotatable bonds is 6.